The van der Waals surface area contributed by atoms with E-state index >= 15 is 0 Å². The Kier molecular flexibility index (Phi) is 8.03. The molecule has 1 aliphatic heterocycles. The number of furan rings is 1. The minimum absolute atomic E-state index is 0.0154. The Balaban J connectivity index is 1.35. The van der Waals surface area contributed by atoms with Crippen LogP contribution in [0.3, 0.4) is 0 Å². The van der Waals surface area contributed by atoms with Gasteiger partial charge in [0, 0.05) is 31.2 Å². The summed E-state index contributed by atoms with van der Waals surface area (Å²) >= 11 is 0. The molecule has 1 aliphatic rings. The summed E-state index contributed by atoms with van der Waals surface area (Å²) in [6.07, 6.45) is 15.0. The van der Waals surface area contributed by atoms with Gasteiger partial charge < -0.3 is 14.6 Å². The van der Waals surface area contributed by atoms with Crippen molar-refractivity contribution >= 4 is 17.6 Å². The van der Waals surface area contributed by atoms with E-state index in [0.717, 1.165) is 44.5 Å². The number of hydrogen-bond acceptors (Lipinski definition) is 5. The van der Waals surface area contributed by atoms with Crippen LogP contribution in [-0.4, -0.2) is 41.4 Å². The first-order valence-electron chi connectivity index (χ1n) is 10.1. The van der Waals surface area contributed by atoms with Crippen molar-refractivity contribution in [3.8, 4) is 6.19 Å². The molecule has 0 saturated carbocycles. The maximum atomic E-state index is 12.3. The Morgan fingerprint density at radius 3 is 2.80 bits per heavy atom. The number of amides is 1. The monoisotopic (exact) mass is 406 g/mol. The summed E-state index contributed by atoms with van der Waals surface area (Å²) in [7, 11) is 0. The number of rotatable bonds is 7. The van der Waals surface area contributed by atoms with Gasteiger partial charge in [-0.1, -0.05) is 12.2 Å². The highest BCUT2D eigenvalue weighted by Crippen LogP contribution is 2.23. The maximum Gasteiger partial charge on any atom is 0.289 e. The van der Waals surface area contributed by atoms with Gasteiger partial charge in [0.1, 0.15) is 0 Å². The van der Waals surface area contributed by atoms with Crippen LogP contribution in [0.15, 0.2) is 64.5 Å². The number of allylic oxidation sites excluding steroid dienone is 1. The maximum absolute atomic E-state index is 12.3. The van der Waals surface area contributed by atoms with E-state index in [4.69, 9.17) is 9.68 Å². The smallest absolute Gasteiger partial charge is 0.289 e. The molecule has 8 heteroatoms. The predicted octanol–water partition coefficient (Wildman–Crippen LogP) is 3.40. The van der Waals surface area contributed by atoms with E-state index in [9.17, 15) is 4.79 Å². The van der Waals surface area contributed by atoms with Crippen molar-refractivity contribution in [3.63, 3.8) is 0 Å². The number of aliphatic imine (C=N–C) groups is 1. The zero-order valence-electron chi connectivity index (χ0n) is 16.8. The first kappa shape index (κ1) is 21.1. The Bertz CT molecular complexity index is 878. The summed E-state index contributed by atoms with van der Waals surface area (Å²) in [5.41, 5.74) is 0.812. The third kappa shape index (κ3) is 6.48. The molecule has 0 spiro atoms. The van der Waals surface area contributed by atoms with Crippen molar-refractivity contribution < 1.29 is 9.21 Å². The number of nitriles is 1. The number of anilines is 1. The van der Waals surface area contributed by atoms with Crippen LogP contribution in [0.1, 0.15) is 36.2 Å². The standard InChI is InChI=1S/C22H26N6O2/c23-17-26-22(27-19-7-12-24-13-8-19)25-11-3-1-2-5-18-9-14-28(15-10-18)21(29)20-6-4-16-30-20/h1,3-4,6-8,12-13,16,18H,2,5,9-11,14-15H2,(H2,24,25,26,27)/b3-1+. The normalized spacial score (nSPS) is 15.2. The molecule has 3 heterocycles. The molecule has 0 aliphatic carbocycles. The molecule has 2 aromatic rings. The minimum atomic E-state index is -0.0154. The SMILES string of the molecule is N#CNC(=NC/C=C/CCC1CCN(C(=O)c2ccco2)CC1)Nc1ccncc1. The summed E-state index contributed by atoms with van der Waals surface area (Å²) in [4.78, 5) is 22.5. The average Bonchev–Trinajstić information content (AvgIpc) is 3.32. The molecule has 1 saturated heterocycles. The predicted molar refractivity (Wildman–Crippen MR) is 115 cm³/mol. The second-order valence-corrected chi connectivity index (χ2v) is 7.05. The van der Waals surface area contributed by atoms with Gasteiger partial charge in [-0.3, -0.25) is 15.1 Å². The lowest BCUT2D eigenvalue weighted by Gasteiger charge is -2.31. The fourth-order valence-electron chi connectivity index (χ4n) is 3.38. The second kappa shape index (κ2) is 11.4. The highest BCUT2D eigenvalue weighted by molar-refractivity contribution is 5.94. The molecule has 3 rings (SSSR count). The van der Waals surface area contributed by atoms with Gasteiger partial charge in [-0.25, -0.2) is 4.99 Å². The fourth-order valence-corrected chi connectivity index (χ4v) is 3.38. The van der Waals surface area contributed by atoms with Crippen molar-refractivity contribution in [1.82, 2.24) is 15.2 Å². The number of guanidine groups is 1. The molecule has 2 aromatic heterocycles. The number of piperidine rings is 1. The first-order chi connectivity index (χ1) is 14.8. The summed E-state index contributed by atoms with van der Waals surface area (Å²) in [6, 6.07) is 7.06. The van der Waals surface area contributed by atoms with Crippen LogP contribution in [0.4, 0.5) is 5.69 Å². The first-order valence-corrected chi connectivity index (χ1v) is 10.1. The van der Waals surface area contributed by atoms with Gasteiger partial charge in [-0.15, -0.1) is 0 Å². The molecule has 0 aromatic carbocycles. The molecule has 2 N–H and O–H groups in total. The van der Waals surface area contributed by atoms with Crippen LogP contribution in [0.25, 0.3) is 0 Å². The molecule has 1 amide bonds. The highest BCUT2D eigenvalue weighted by Gasteiger charge is 2.24. The van der Waals surface area contributed by atoms with Crippen molar-refractivity contribution in [3.05, 3.63) is 60.8 Å². The lowest BCUT2D eigenvalue weighted by atomic mass is 9.92. The minimum Gasteiger partial charge on any atom is -0.459 e. The van der Waals surface area contributed by atoms with E-state index in [1.807, 2.05) is 17.2 Å². The number of pyridine rings is 1. The van der Waals surface area contributed by atoms with E-state index in [1.54, 1.807) is 36.7 Å². The van der Waals surface area contributed by atoms with Gasteiger partial charge in [0.25, 0.3) is 5.91 Å². The number of hydrogen-bond donors (Lipinski definition) is 2. The average molecular weight is 406 g/mol. The molecule has 0 bridgehead atoms. The molecule has 1 fully saturated rings. The topological polar surface area (TPSA) is 107 Å². The zero-order valence-corrected chi connectivity index (χ0v) is 16.8. The van der Waals surface area contributed by atoms with Gasteiger partial charge in [0.2, 0.25) is 5.96 Å². The van der Waals surface area contributed by atoms with E-state index in [1.165, 1.54) is 6.26 Å². The molecule has 0 radical (unpaired) electrons. The van der Waals surface area contributed by atoms with Gasteiger partial charge in [-0.2, -0.15) is 5.26 Å². The quantitative estimate of drug-likeness (QED) is 0.240. The van der Waals surface area contributed by atoms with Crippen LogP contribution in [0.2, 0.25) is 0 Å². The number of nitrogens with one attached hydrogen (secondary N) is 2. The number of aromatic nitrogens is 1. The Hall–Kier alpha value is -3.60. The largest absolute Gasteiger partial charge is 0.459 e. The second-order valence-electron chi connectivity index (χ2n) is 7.05. The van der Waals surface area contributed by atoms with Gasteiger partial charge in [-0.05, 0) is 55.9 Å². The lowest BCUT2D eigenvalue weighted by molar-refractivity contribution is 0.0655. The van der Waals surface area contributed by atoms with Crippen LogP contribution < -0.4 is 10.6 Å². The summed E-state index contributed by atoms with van der Waals surface area (Å²) in [5, 5.41) is 14.5. The summed E-state index contributed by atoms with van der Waals surface area (Å²) < 4.78 is 5.20. The molecule has 0 atom stereocenters. The summed E-state index contributed by atoms with van der Waals surface area (Å²) in [6.45, 7) is 2.04. The van der Waals surface area contributed by atoms with Crippen LogP contribution in [0, 0.1) is 17.4 Å². The van der Waals surface area contributed by atoms with Gasteiger partial charge in [0.05, 0.1) is 12.8 Å². The van der Waals surface area contributed by atoms with E-state index in [0.29, 0.717) is 24.2 Å². The number of carbonyl (C=O) groups excluding carboxylic acids is 1. The van der Waals surface area contributed by atoms with Crippen LogP contribution in [0.5, 0.6) is 0 Å². The number of likely N-dealkylation sites (tertiary alicyclic amines) is 1. The Morgan fingerprint density at radius 2 is 2.10 bits per heavy atom. The number of carbonyl (C=O) groups is 1. The van der Waals surface area contributed by atoms with E-state index in [2.05, 4.69) is 26.7 Å². The molecular weight excluding hydrogens is 380 g/mol. The lowest BCUT2D eigenvalue weighted by Crippen LogP contribution is -2.38. The molecule has 30 heavy (non-hydrogen) atoms. The fraction of sp³-hybridized carbons (Fsp3) is 0.364. The van der Waals surface area contributed by atoms with Crippen molar-refractivity contribution in [2.45, 2.75) is 25.7 Å². The van der Waals surface area contributed by atoms with Crippen molar-refractivity contribution in [2.24, 2.45) is 10.9 Å². The van der Waals surface area contributed by atoms with Crippen LogP contribution >= 0.6 is 0 Å². The van der Waals surface area contributed by atoms with E-state index in [-0.39, 0.29) is 5.91 Å². The molecule has 8 nitrogen and oxygen atoms in total. The van der Waals surface area contributed by atoms with E-state index < -0.39 is 0 Å². The molecular formula is C22H26N6O2. The zero-order chi connectivity index (χ0) is 21.0. The third-order valence-corrected chi connectivity index (χ3v) is 5.01. The van der Waals surface area contributed by atoms with Gasteiger partial charge >= 0.3 is 0 Å². The van der Waals surface area contributed by atoms with Gasteiger partial charge in [0.15, 0.2) is 12.0 Å². The van der Waals surface area contributed by atoms with Crippen LogP contribution in [-0.2, 0) is 0 Å². The van der Waals surface area contributed by atoms with Crippen molar-refractivity contribution in [1.29, 1.82) is 5.26 Å². The Labute approximate surface area is 176 Å². The van der Waals surface area contributed by atoms with Crippen molar-refractivity contribution in [2.75, 3.05) is 25.0 Å². The third-order valence-electron chi connectivity index (χ3n) is 5.01. The summed E-state index contributed by atoms with van der Waals surface area (Å²) in [5.74, 6) is 1.43. The molecule has 0 unspecified atom stereocenters. The Morgan fingerprint density at radius 1 is 1.30 bits per heavy atom. The highest BCUT2D eigenvalue weighted by atomic mass is 16.3. The molecule has 156 valence electrons. The number of nitrogens with zero attached hydrogens (tertiary/aromatic N) is 4.